The summed E-state index contributed by atoms with van der Waals surface area (Å²) in [6.45, 7) is 0.517. The van der Waals surface area contributed by atoms with Crippen molar-refractivity contribution in [1.29, 1.82) is 0 Å². The molecule has 0 amide bonds. The van der Waals surface area contributed by atoms with Crippen molar-refractivity contribution in [2.24, 2.45) is 5.73 Å². The van der Waals surface area contributed by atoms with Crippen LogP contribution in [0.15, 0.2) is 53.0 Å². The van der Waals surface area contributed by atoms with Crippen LogP contribution in [0.2, 0.25) is 5.02 Å². The molecule has 0 spiro atoms. The fourth-order valence-electron chi connectivity index (χ4n) is 1.74. The summed E-state index contributed by atoms with van der Waals surface area (Å²) >= 11 is 9.40. The lowest BCUT2D eigenvalue weighted by Crippen LogP contribution is -2.20. The smallest absolute Gasteiger partial charge is 0.0636 e. The fourth-order valence-corrected chi connectivity index (χ4v) is 2.26. The van der Waals surface area contributed by atoms with Gasteiger partial charge in [-0.1, -0.05) is 35.9 Å². The second-order valence-corrected chi connectivity index (χ2v) is 5.25. The molecule has 0 saturated heterocycles. The van der Waals surface area contributed by atoms with E-state index in [-0.39, 0.29) is 6.04 Å². The summed E-state index contributed by atoms with van der Waals surface area (Å²) in [5.74, 6) is 0. The van der Waals surface area contributed by atoms with E-state index in [0.717, 1.165) is 20.7 Å². The molecule has 18 heavy (non-hydrogen) atoms. The molecule has 1 atom stereocenters. The molecule has 0 heterocycles. The molecular formula is C14H14BrClN2. The van der Waals surface area contributed by atoms with Gasteiger partial charge in [0.15, 0.2) is 0 Å². The van der Waals surface area contributed by atoms with Gasteiger partial charge in [0.05, 0.1) is 6.04 Å². The zero-order chi connectivity index (χ0) is 13.0. The van der Waals surface area contributed by atoms with Gasteiger partial charge in [-0.25, -0.2) is 0 Å². The minimum Gasteiger partial charge on any atom is -0.376 e. The standard InChI is InChI=1S/C14H14BrClN2/c15-12-3-1-2-4-13(12)18-14(9-17)10-5-7-11(16)8-6-10/h1-8,14,18H,9,17H2. The monoisotopic (exact) mass is 324 g/mol. The third-order valence-corrected chi connectivity index (χ3v) is 3.66. The average Bonchev–Trinajstić information content (AvgIpc) is 2.39. The van der Waals surface area contributed by atoms with E-state index < -0.39 is 0 Å². The number of hydrogen-bond donors (Lipinski definition) is 2. The Balaban J connectivity index is 2.20. The summed E-state index contributed by atoms with van der Waals surface area (Å²) in [5, 5.41) is 4.15. The number of para-hydroxylation sites is 1. The Hall–Kier alpha value is -1.03. The summed E-state index contributed by atoms with van der Waals surface area (Å²) in [6.07, 6.45) is 0. The molecule has 0 saturated carbocycles. The third kappa shape index (κ3) is 3.25. The summed E-state index contributed by atoms with van der Waals surface area (Å²) in [4.78, 5) is 0. The van der Waals surface area contributed by atoms with Crippen molar-refractivity contribution in [3.63, 3.8) is 0 Å². The molecule has 0 aliphatic carbocycles. The first-order chi connectivity index (χ1) is 8.70. The highest BCUT2D eigenvalue weighted by molar-refractivity contribution is 9.10. The molecule has 0 fully saturated rings. The van der Waals surface area contributed by atoms with Gasteiger partial charge in [-0.15, -0.1) is 0 Å². The van der Waals surface area contributed by atoms with Crippen molar-refractivity contribution in [1.82, 2.24) is 0 Å². The Morgan fingerprint density at radius 2 is 1.78 bits per heavy atom. The van der Waals surface area contributed by atoms with E-state index in [1.165, 1.54) is 0 Å². The number of hydrogen-bond acceptors (Lipinski definition) is 2. The summed E-state index contributed by atoms with van der Waals surface area (Å²) in [5.41, 5.74) is 7.98. The number of nitrogens with two attached hydrogens (primary N) is 1. The van der Waals surface area contributed by atoms with Crippen LogP contribution in [0.4, 0.5) is 5.69 Å². The Bertz CT molecular complexity index is 513. The number of nitrogens with one attached hydrogen (secondary N) is 1. The van der Waals surface area contributed by atoms with Crippen LogP contribution in [0.25, 0.3) is 0 Å². The van der Waals surface area contributed by atoms with E-state index in [1.807, 2.05) is 48.5 Å². The van der Waals surface area contributed by atoms with Crippen molar-refractivity contribution in [2.45, 2.75) is 6.04 Å². The zero-order valence-corrected chi connectivity index (χ0v) is 12.1. The maximum atomic E-state index is 5.89. The first-order valence-electron chi connectivity index (χ1n) is 5.67. The second kappa shape index (κ2) is 6.23. The van der Waals surface area contributed by atoms with Crippen molar-refractivity contribution < 1.29 is 0 Å². The van der Waals surface area contributed by atoms with E-state index in [2.05, 4.69) is 21.2 Å². The minimum atomic E-state index is 0.0703. The molecule has 0 aliphatic heterocycles. The van der Waals surface area contributed by atoms with Gasteiger partial charge in [-0.2, -0.15) is 0 Å². The van der Waals surface area contributed by atoms with Gasteiger partial charge in [0.2, 0.25) is 0 Å². The molecule has 0 radical (unpaired) electrons. The van der Waals surface area contributed by atoms with Crippen LogP contribution < -0.4 is 11.1 Å². The molecule has 0 aromatic heterocycles. The number of anilines is 1. The van der Waals surface area contributed by atoms with Crippen molar-refractivity contribution >= 4 is 33.2 Å². The van der Waals surface area contributed by atoms with Gasteiger partial charge in [0.25, 0.3) is 0 Å². The largest absolute Gasteiger partial charge is 0.376 e. The van der Waals surface area contributed by atoms with Crippen LogP contribution in [0.1, 0.15) is 11.6 Å². The summed E-state index contributed by atoms with van der Waals surface area (Å²) < 4.78 is 1.03. The lowest BCUT2D eigenvalue weighted by Gasteiger charge is -2.19. The molecule has 0 aliphatic rings. The maximum Gasteiger partial charge on any atom is 0.0636 e. The molecule has 2 rings (SSSR count). The third-order valence-electron chi connectivity index (χ3n) is 2.71. The second-order valence-electron chi connectivity index (χ2n) is 3.96. The highest BCUT2D eigenvalue weighted by atomic mass is 79.9. The Labute approximate surface area is 120 Å². The molecule has 2 aromatic rings. The van der Waals surface area contributed by atoms with Crippen LogP contribution in [-0.4, -0.2) is 6.54 Å². The number of rotatable bonds is 4. The zero-order valence-electron chi connectivity index (χ0n) is 9.74. The molecule has 0 bridgehead atoms. The molecule has 2 nitrogen and oxygen atoms in total. The number of halogens is 2. The van der Waals surface area contributed by atoms with E-state index in [4.69, 9.17) is 17.3 Å². The number of benzene rings is 2. The van der Waals surface area contributed by atoms with Crippen LogP contribution in [0, 0.1) is 0 Å². The lowest BCUT2D eigenvalue weighted by atomic mass is 10.1. The normalized spacial score (nSPS) is 12.2. The van der Waals surface area contributed by atoms with Crippen molar-refractivity contribution in [3.05, 3.63) is 63.6 Å². The topological polar surface area (TPSA) is 38.0 Å². The maximum absolute atomic E-state index is 5.89. The van der Waals surface area contributed by atoms with Gasteiger partial charge in [0.1, 0.15) is 0 Å². The van der Waals surface area contributed by atoms with Crippen LogP contribution in [0.5, 0.6) is 0 Å². The van der Waals surface area contributed by atoms with E-state index in [0.29, 0.717) is 6.54 Å². The van der Waals surface area contributed by atoms with Gasteiger partial charge in [0, 0.05) is 21.7 Å². The molecule has 1 unspecified atom stereocenters. The van der Waals surface area contributed by atoms with Gasteiger partial charge >= 0.3 is 0 Å². The van der Waals surface area contributed by atoms with E-state index in [1.54, 1.807) is 0 Å². The average molecular weight is 326 g/mol. The Morgan fingerprint density at radius 1 is 1.11 bits per heavy atom. The first kappa shape index (κ1) is 13.4. The first-order valence-corrected chi connectivity index (χ1v) is 6.84. The van der Waals surface area contributed by atoms with Gasteiger partial charge < -0.3 is 11.1 Å². The lowest BCUT2D eigenvalue weighted by molar-refractivity contribution is 0.789. The van der Waals surface area contributed by atoms with Crippen LogP contribution in [0.3, 0.4) is 0 Å². The Morgan fingerprint density at radius 3 is 2.39 bits per heavy atom. The van der Waals surface area contributed by atoms with E-state index >= 15 is 0 Å². The van der Waals surface area contributed by atoms with Crippen LogP contribution in [-0.2, 0) is 0 Å². The quantitative estimate of drug-likeness (QED) is 0.883. The molecule has 94 valence electrons. The van der Waals surface area contributed by atoms with Crippen molar-refractivity contribution in [2.75, 3.05) is 11.9 Å². The molecule has 3 N–H and O–H groups in total. The van der Waals surface area contributed by atoms with E-state index in [9.17, 15) is 0 Å². The molecular weight excluding hydrogens is 312 g/mol. The minimum absolute atomic E-state index is 0.0703. The van der Waals surface area contributed by atoms with Crippen LogP contribution >= 0.6 is 27.5 Å². The van der Waals surface area contributed by atoms with Gasteiger partial charge in [-0.05, 0) is 45.8 Å². The summed E-state index contributed by atoms with van der Waals surface area (Å²) in [6, 6.07) is 15.8. The highest BCUT2D eigenvalue weighted by Crippen LogP contribution is 2.26. The Kier molecular flexibility index (Phi) is 4.64. The molecule has 4 heteroatoms. The SMILES string of the molecule is NCC(Nc1ccccc1Br)c1ccc(Cl)cc1. The predicted octanol–water partition coefficient (Wildman–Crippen LogP) is 4.21. The highest BCUT2D eigenvalue weighted by Gasteiger charge is 2.10. The predicted molar refractivity (Wildman–Crippen MR) is 81.0 cm³/mol. The van der Waals surface area contributed by atoms with Gasteiger partial charge in [-0.3, -0.25) is 0 Å². The fraction of sp³-hybridized carbons (Fsp3) is 0.143. The molecule has 2 aromatic carbocycles. The van der Waals surface area contributed by atoms with Crippen molar-refractivity contribution in [3.8, 4) is 0 Å². The summed E-state index contributed by atoms with van der Waals surface area (Å²) in [7, 11) is 0.